The minimum Gasteiger partial charge on any atom is -0.464 e. The number of aromatic nitrogens is 1. The molecule has 214 valence electrons. The lowest BCUT2D eigenvalue weighted by Gasteiger charge is -2.24. The average molecular weight is 567 g/mol. The number of aliphatic hydroxyl groups excluding tert-OH is 2. The van der Waals surface area contributed by atoms with Crippen LogP contribution in [-0.2, 0) is 23.4 Å². The zero-order valence-electron chi connectivity index (χ0n) is 22.2. The summed E-state index contributed by atoms with van der Waals surface area (Å²) >= 11 is 0. The number of carbonyl (C=O) groups is 2. The summed E-state index contributed by atoms with van der Waals surface area (Å²) in [5.41, 5.74) is 5.51. The second-order valence-electron chi connectivity index (χ2n) is 9.31. The van der Waals surface area contributed by atoms with Crippen molar-refractivity contribution in [1.29, 1.82) is 0 Å². The Morgan fingerprint density at radius 1 is 1.13 bits per heavy atom. The van der Waals surface area contributed by atoms with Crippen molar-refractivity contribution < 1.29 is 47.5 Å². The number of amides is 1. The van der Waals surface area contributed by atoms with Crippen molar-refractivity contribution in [2.24, 2.45) is 11.7 Å². The van der Waals surface area contributed by atoms with Gasteiger partial charge < -0.3 is 29.9 Å². The van der Waals surface area contributed by atoms with Gasteiger partial charge in [0.2, 0.25) is 0 Å². The Bertz CT molecular complexity index is 1150. The molecule has 2 aromatic rings. The van der Waals surface area contributed by atoms with Crippen molar-refractivity contribution in [3.05, 3.63) is 60.4 Å². The number of rotatable bonds is 14. The third kappa shape index (κ3) is 8.31. The first-order valence-corrected chi connectivity index (χ1v) is 14.4. The third-order valence-corrected chi connectivity index (χ3v) is 8.08. The number of carbonyl (C=O) groups excluding carboxylic acids is 2. The second-order valence-corrected chi connectivity index (χ2v) is 11.0. The summed E-state index contributed by atoms with van der Waals surface area (Å²) in [6.07, 6.45) is -0.392. The zero-order valence-corrected chi connectivity index (χ0v) is 23.1. The van der Waals surface area contributed by atoms with E-state index in [9.17, 15) is 24.4 Å². The highest BCUT2D eigenvalue weighted by Crippen LogP contribution is 2.45. The first kappa shape index (κ1) is 30.7. The van der Waals surface area contributed by atoms with Crippen LogP contribution in [-0.4, -0.2) is 59.7 Å². The summed E-state index contributed by atoms with van der Waals surface area (Å²) in [7, 11) is -4.22. The van der Waals surface area contributed by atoms with Gasteiger partial charge >= 0.3 is 13.7 Å². The minimum absolute atomic E-state index is 0.178. The average Bonchev–Trinajstić information content (AvgIpc) is 3.21. The van der Waals surface area contributed by atoms with Crippen LogP contribution in [0.1, 0.15) is 50.2 Å². The Morgan fingerprint density at radius 2 is 1.82 bits per heavy atom. The molecule has 1 amide bonds. The van der Waals surface area contributed by atoms with E-state index >= 15 is 0 Å². The predicted octanol–water partition coefficient (Wildman–Crippen LogP) is 1.85. The molecule has 1 saturated heterocycles. The Labute approximate surface area is 227 Å². The highest BCUT2D eigenvalue weighted by molar-refractivity contribution is 7.52. The number of nitrogens with one attached hydrogen (secondary N) is 1. The van der Waals surface area contributed by atoms with E-state index in [-0.39, 0.29) is 23.8 Å². The summed E-state index contributed by atoms with van der Waals surface area (Å²) in [5.74, 6) is -0.863. The van der Waals surface area contributed by atoms with Crippen molar-refractivity contribution in [3.63, 3.8) is 0 Å². The first-order valence-electron chi connectivity index (χ1n) is 12.8. The lowest BCUT2D eigenvalue weighted by Crippen LogP contribution is -2.46. The highest BCUT2D eigenvalue weighted by Gasteiger charge is 2.49. The molecule has 2 heterocycles. The predicted molar refractivity (Wildman–Crippen MR) is 139 cm³/mol. The summed E-state index contributed by atoms with van der Waals surface area (Å²) in [5, 5.41) is 23.8. The van der Waals surface area contributed by atoms with Crippen molar-refractivity contribution in [2.75, 3.05) is 13.2 Å². The van der Waals surface area contributed by atoms with Gasteiger partial charge in [0.15, 0.2) is 18.5 Å². The van der Waals surface area contributed by atoms with E-state index in [4.69, 9.17) is 24.3 Å². The Hall–Kier alpha value is -2.86. The van der Waals surface area contributed by atoms with Crippen LogP contribution in [0.3, 0.4) is 0 Å². The lowest BCUT2D eigenvalue weighted by molar-refractivity contribution is -0.765. The molecular weight excluding hydrogens is 529 g/mol. The third-order valence-electron chi connectivity index (χ3n) is 6.44. The molecule has 1 aromatic heterocycles. The molecule has 0 aliphatic carbocycles. The molecule has 0 saturated carbocycles. The molecule has 3 rings (SSSR count). The van der Waals surface area contributed by atoms with E-state index in [1.54, 1.807) is 36.4 Å². The number of aliphatic hydroxyl groups is 2. The molecule has 13 heteroatoms. The van der Waals surface area contributed by atoms with Gasteiger partial charge in [-0.1, -0.05) is 44.9 Å². The molecule has 12 nitrogen and oxygen atoms in total. The quantitative estimate of drug-likeness (QED) is 0.150. The number of para-hydroxylation sites is 1. The molecule has 1 fully saturated rings. The van der Waals surface area contributed by atoms with Gasteiger partial charge in [-0.25, -0.2) is 4.57 Å². The van der Waals surface area contributed by atoms with Crippen LogP contribution in [0.4, 0.5) is 0 Å². The van der Waals surface area contributed by atoms with Crippen molar-refractivity contribution in [3.8, 4) is 5.75 Å². The minimum atomic E-state index is -4.22. The molecule has 1 aromatic carbocycles. The van der Waals surface area contributed by atoms with Crippen LogP contribution in [0, 0.1) is 5.92 Å². The van der Waals surface area contributed by atoms with E-state index < -0.39 is 56.8 Å². The number of nitrogens with zero attached hydrogens (tertiary/aromatic N) is 1. The lowest BCUT2D eigenvalue weighted by atomic mass is 10.1. The smallest absolute Gasteiger partial charge is 0.459 e. The molecule has 6 atom stereocenters. The van der Waals surface area contributed by atoms with Gasteiger partial charge in [-0.15, -0.1) is 0 Å². The molecule has 0 radical (unpaired) electrons. The van der Waals surface area contributed by atoms with Gasteiger partial charge in [0.1, 0.15) is 29.6 Å². The Morgan fingerprint density at radius 3 is 2.46 bits per heavy atom. The SMILES string of the molecule is CCC(CC)COC(=O)[C@H](C)NP(=O)(OCC1OC([n+]2cccc(C(N)=O)c2)C(O)C1O)Oc1ccccc1. The van der Waals surface area contributed by atoms with Crippen LogP contribution in [0.15, 0.2) is 54.9 Å². The molecule has 5 N–H and O–H groups in total. The largest absolute Gasteiger partial charge is 0.464 e. The fourth-order valence-electron chi connectivity index (χ4n) is 3.93. The summed E-state index contributed by atoms with van der Waals surface area (Å²) in [4.78, 5) is 24.1. The maximum absolute atomic E-state index is 13.7. The number of primary amides is 1. The Balaban J connectivity index is 1.71. The Kier molecular flexibility index (Phi) is 11.0. The number of benzene rings is 1. The van der Waals surface area contributed by atoms with Crippen LogP contribution < -0.4 is 19.9 Å². The number of hydrogen-bond acceptors (Lipinski definition) is 9. The van der Waals surface area contributed by atoms with Crippen LogP contribution in [0.5, 0.6) is 5.75 Å². The van der Waals surface area contributed by atoms with Gasteiger partial charge in [0.25, 0.3) is 12.1 Å². The molecule has 0 spiro atoms. The first-order chi connectivity index (χ1) is 18.6. The van der Waals surface area contributed by atoms with Crippen LogP contribution in [0.2, 0.25) is 0 Å². The molecule has 1 aliphatic rings. The maximum atomic E-state index is 13.7. The fourth-order valence-corrected chi connectivity index (χ4v) is 5.43. The molecule has 39 heavy (non-hydrogen) atoms. The molecule has 0 bridgehead atoms. The monoisotopic (exact) mass is 566 g/mol. The summed E-state index contributed by atoms with van der Waals surface area (Å²) in [6.45, 7) is 5.26. The van der Waals surface area contributed by atoms with Crippen LogP contribution in [0.25, 0.3) is 0 Å². The van der Waals surface area contributed by atoms with Gasteiger partial charge in [-0.2, -0.15) is 9.65 Å². The normalized spacial score (nSPS) is 23.2. The maximum Gasteiger partial charge on any atom is 0.459 e. The number of esters is 1. The number of ether oxygens (including phenoxy) is 2. The number of hydrogen-bond donors (Lipinski definition) is 4. The topological polar surface area (TPSA) is 171 Å². The van der Waals surface area contributed by atoms with Gasteiger partial charge in [-0.3, -0.25) is 14.1 Å². The molecule has 5 unspecified atom stereocenters. The van der Waals surface area contributed by atoms with Gasteiger partial charge in [-0.05, 0) is 31.0 Å². The van der Waals surface area contributed by atoms with Gasteiger partial charge in [0, 0.05) is 6.07 Å². The van der Waals surface area contributed by atoms with E-state index in [2.05, 4.69) is 5.09 Å². The van der Waals surface area contributed by atoms with Gasteiger partial charge in [0.05, 0.1) is 13.2 Å². The van der Waals surface area contributed by atoms with E-state index in [1.165, 1.54) is 30.0 Å². The summed E-state index contributed by atoms with van der Waals surface area (Å²) < 4.78 is 37.5. The number of pyridine rings is 1. The summed E-state index contributed by atoms with van der Waals surface area (Å²) in [6, 6.07) is 10.2. The zero-order chi connectivity index (χ0) is 28.6. The van der Waals surface area contributed by atoms with Crippen molar-refractivity contribution in [2.45, 2.75) is 64.2 Å². The van der Waals surface area contributed by atoms with Crippen molar-refractivity contribution in [1.82, 2.24) is 5.09 Å². The van der Waals surface area contributed by atoms with E-state index in [0.717, 1.165) is 12.8 Å². The highest BCUT2D eigenvalue weighted by atomic mass is 31.2. The van der Waals surface area contributed by atoms with Crippen molar-refractivity contribution >= 4 is 19.6 Å². The molecular formula is C26H37N3O9P+. The van der Waals surface area contributed by atoms with Crippen LogP contribution >= 0.6 is 7.75 Å². The number of nitrogens with two attached hydrogens (primary N) is 1. The fraction of sp³-hybridized carbons (Fsp3) is 0.500. The molecule has 1 aliphatic heterocycles. The second kappa shape index (κ2) is 14.0. The van der Waals surface area contributed by atoms with E-state index in [1.807, 2.05) is 13.8 Å². The standard InChI is InChI=1S/C26H36N3O9P/c1-4-18(5-2)15-35-26(33)17(3)28-39(34,38-20-11-7-6-8-12-20)36-16-21-22(30)23(31)25(37-21)29-13-9-10-19(14-29)24(27)32/h6-14,17-18,21-23,25,30-31H,4-5,15-16H2,1-3H3,(H2-,27,28,32,34)/p+1/t17-,21?,22?,23?,25?,39?/m0/s1. The van der Waals surface area contributed by atoms with E-state index in [0.29, 0.717) is 0 Å².